The molecule has 1 aliphatic heterocycles. The van der Waals surface area contributed by atoms with E-state index in [4.69, 9.17) is 0 Å². The van der Waals surface area contributed by atoms with Gasteiger partial charge in [0.2, 0.25) is 0 Å². The van der Waals surface area contributed by atoms with Gasteiger partial charge in [-0.15, -0.1) is 0 Å². The standard InChI is InChI=1S/C24H28N4O/c1-16-4-7-20(8-5-16)27-24(29)22-15-26-28(21-9-6-17(2)18(3)14-21)23(22)19-10-12-25-13-11-19/h4-9,14-15,19,25H,10-13H2,1-3H3,(H,27,29). The first kappa shape index (κ1) is 19.4. The Labute approximate surface area is 172 Å². The summed E-state index contributed by atoms with van der Waals surface area (Å²) in [6.45, 7) is 8.17. The molecule has 3 aromatic rings. The molecule has 2 heterocycles. The number of amides is 1. The normalized spacial score (nSPS) is 14.7. The Morgan fingerprint density at radius 2 is 1.76 bits per heavy atom. The van der Waals surface area contributed by atoms with Gasteiger partial charge in [-0.1, -0.05) is 23.8 Å². The van der Waals surface area contributed by atoms with E-state index in [1.807, 2.05) is 35.9 Å². The van der Waals surface area contributed by atoms with Crippen LogP contribution in [-0.4, -0.2) is 28.8 Å². The summed E-state index contributed by atoms with van der Waals surface area (Å²) in [7, 11) is 0. The second kappa shape index (κ2) is 8.21. The van der Waals surface area contributed by atoms with Gasteiger partial charge in [0.25, 0.3) is 5.91 Å². The van der Waals surface area contributed by atoms with Crippen molar-refractivity contribution in [3.8, 4) is 5.69 Å². The third-order valence-electron chi connectivity index (χ3n) is 5.82. The monoisotopic (exact) mass is 388 g/mol. The first-order chi connectivity index (χ1) is 14.0. The van der Waals surface area contributed by atoms with E-state index >= 15 is 0 Å². The van der Waals surface area contributed by atoms with Gasteiger partial charge < -0.3 is 10.6 Å². The van der Waals surface area contributed by atoms with E-state index < -0.39 is 0 Å². The van der Waals surface area contributed by atoms with Crippen LogP contribution in [0.2, 0.25) is 0 Å². The van der Waals surface area contributed by atoms with Gasteiger partial charge in [-0.05, 0) is 82.1 Å². The van der Waals surface area contributed by atoms with Crippen molar-refractivity contribution in [1.82, 2.24) is 15.1 Å². The number of aromatic nitrogens is 2. The maximum Gasteiger partial charge on any atom is 0.259 e. The minimum atomic E-state index is -0.0996. The minimum absolute atomic E-state index is 0.0996. The number of hydrogen-bond acceptors (Lipinski definition) is 3. The summed E-state index contributed by atoms with van der Waals surface area (Å²) in [5.41, 5.74) is 7.13. The predicted molar refractivity (Wildman–Crippen MR) is 117 cm³/mol. The molecule has 0 spiro atoms. The second-order valence-electron chi connectivity index (χ2n) is 7.97. The smallest absolute Gasteiger partial charge is 0.259 e. The quantitative estimate of drug-likeness (QED) is 0.691. The molecular weight excluding hydrogens is 360 g/mol. The Bertz CT molecular complexity index is 1010. The van der Waals surface area contributed by atoms with Crippen LogP contribution in [-0.2, 0) is 0 Å². The van der Waals surface area contributed by atoms with Crippen molar-refractivity contribution >= 4 is 11.6 Å². The fraction of sp³-hybridized carbons (Fsp3) is 0.333. The number of anilines is 1. The zero-order valence-corrected chi connectivity index (χ0v) is 17.3. The Kier molecular flexibility index (Phi) is 5.49. The van der Waals surface area contributed by atoms with Gasteiger partial charge in [-0.25, -0.2) is 4.68 Å². The van der Waals surface area contributed by atoms with Gasteiger partial charge >= 0.3 is 0 Å². The molecule has 29 heavy (non-hydrogen) atoms. The number of nitrogens with zero attached hydrogens (tertiary/aromatic N) is 2. The molecule has 0 unspecified atom stereocenters. The lowest BCUT2D eigenvalue weighted by Gasteiger charge is -2.25. The fourth-order valence-corrected chi connectivity index (χ4v) is 3.92. The summed E-state index contributed by atoms with van der Waals surface area (Å²) in [4.78, 5) is 13.1. The topological polar surface area (TPSA) is 59.0 Å². The van der Waals surface area contributed by atoms with Crippen molar-refractivity contribution in [1.29, 1.82) is 0 Å². The molecule has 0 atom stereocenters. The highest BCUT2D eigenvalue weighted by Gasteiger charge is 2.27. The third-order valence-corrected chi connectivity index (χ3v) is 5.82. The number of rotatable bonds is 4. The van der Waals surface area contributed by atoms with Crippen LogP contribution < -0.4 is 10.6 Å². The van der Waals surface area contributed by atoms with Crippen LogP contribution in [0.4, 0.5) is 5.69 Å². The van der Waals surface area contributed by atoms with E-state index in [1.165, 1.54) is 16.7 Å². The van der Waals surface area contributed by atoms with Crippen molar-refractivity contribution in [2.24, 2.45) is 0 Å². The highest BCUT2D eigenvalue weighted by molar-refractivity contribution is 6.05. The van der Waals surface area contributed by atoms with Crippen LogP contribution >= 0.6 is 0 Å². The molecule has 1 aliphatic rings. The molecule has 0 saturated carbocycles. The predicted octanol–water partition coefficient (Wildman–Crippen LogP) is 4.52. The lowest BCUT2D eigenvalue weighted by Crippen LogP contribution is -2.29. The van der Waals surface area contributed by atoms with Crippen molar-refractivity contribution in [2.45, 2.75) is 39.5 Å². The van der Waals surface area contributed by atoms with Gasteiger partial charge in [-0.2, -0.15) is 5.10 Å². The minimum Gasteiger partial charge on any atom is -0.322 e. The molecule has 0 bridgehead atoms. The highest BCUT2D eigenvalue weighted by Crippen LogP contribution is 2.31. The largest absolute Gasteiger partial charge is 0.322 e. The number of hydrogen-bond donors (Lipinski definition) is 2. The Balaban J connectivity index is 1.72. The molecule has 4 rings (SSSR count). The molecular formula is C24H28N4O. The zero-order valence-electron chi connectivity index (χ0n) is 17.3. The van der Waals surface area contributed by atoms with E-state index in [1.54, 1.807) is 6.20 Å². The average Bonchev–Trinajstić information content (AvgIpc) is 3.18. The van der Waals surface area contributed by atoms with Crippen LogP contribution in [0.1, 0.15) is 51.5 Å². The summed E-state index contributed by atoms with van der Waals surface area (Å²) in [5.74, 6) is 0.205. The van der Waals surface area contributed by atoms with E-state index in [-0.39, 0.29) is 5.91 Å². The number of piperidine rings is 1. The third kappa shape index (κ3) is 4.10. The van der Waals surface area contributed by atoms with Crippen LogP contribution in [0.5, 0.6) is 0 Å². The molecule has 1 aromatic heterocycles. The number of nitrogens with one attached hydrogen (secondary N) is 2. The molecule has 1 amide bonds. The van der Waals surface area contributed by atoms with Gasteiger partial charge in [0.15, 0.2) is 0 Å². The Hall–Kier alpha value is -2.92. The zero-order chi connectivity index (χ0) is 20.4. The summed E-state index contributed by atoms with van der Waals surface area (Å²) < 4.78 is 1.96. The maximum absolute atomic E-state index is 13.1. The molecule has 5 heteroatoms. The summed E-state index contributed by atoms with van der Waals surface area (Å²) in [5, 5.41) is 11.1. The van der Waals surface area contributed by atoms with Crippen molar-refractivity contribution < 1.29 is 4.79 Å². The van der Waals surface area contributed by atoms with Crippen molar-refractivity contribution in [2.75, 3.05) is 18.4 Å². The van der Waals surface area contributed by atoms with E-state index in [0.717, 1.165) is 43.0 Å². The van der Waals surface area contributed by atoms with Gasteiger partial charge in [0.1, 0.15) is 0 Å². The average molecular weight is 389 g/mol. The molecule has 1 saturated heterocycles. The first-order valence-electron chi connectivity index (χ1n) is 10.3. The molecule has 1 fully saturated rings. The van der Waals surface area contributed by atoms with Crippen LogP contribution in [0, 0.1) is 20.8 Å². The molecule has 2 N–H and O–H groups in total. The molecule has 0 radical (unpaired) electrons. The first-order valence-corrected chi connectivity index (χ1v) is 10.3. The molecule has 2 aromatic carbocycles. The van der Waals surface area contributed by atoms with Crippen LogP contribution in [0.15, 0.2) is 48.7 Å². The van der Waals surface area contributed by atoms with E-state index in [9.17, 15) is 4.79 Å². The van der Waals surface area contributed by atoms with Gasteiger partial charge in [-0.3, -0.25) is 4.79 Å². The van der Waals surface area contributed by atoms with Crippen molar-refractivity contribution in [3.63, 3.8) is 0 Å². The van der Waals surface area contributed by atoms with E-state index in [2.05, 4.69) is 47.8 Å². The van der Waals surface area contributed by atoms with E-state index in [0.29, 0.717) is 11.5 Å². The fourth-order valence-electron chi connectivity index (χ4n) is 3.92. The lowest BCUT2D eigenvalue weighted by atomic mass is 9.91. The van der Waals surface area contributed by atoms with Crippen LogP contribution in [0.3, 0.4) is 0 Å². The summed E-state index contributed by atoms with van der Waals surface area (Å²) in [6.07, 6.45) is 3.72. The maximum atomic E-state index is 13.1. The van der Waals surface area contributed by atoms with Gasteiger partial charge in [0, 0.05) is 11.6 Å². The van der Waals surface area contributed by atoms with Gasteiger partial charge in [0.05, 0.1) is 23.1 Å². The van der Waals surface area contributed by atoms with Crippen molar-refractivity contribution in [3.05, 3.63) is 76.6 Å². The summed E-state index contributed by atoms with van der Waals surface area (Å²) >= 11 is 0. The molecule has 0 aliphatic carbocycles. The Morgan fingerprint density at radius 3 is 2.45 bits per heavy atom. The highest BCUT2D eigenvalue weighted by atomic mass is 16.1. The van der Waals surface area contributed by atoms with Crippen LogP contribution in [0.25, 0.3) is 5.69 Å². The number of benzene rings is 2. The Morgan fingerprint density at radius 1 is 1.03 bits per heavy atom. The second-order valence-corrected chi connectivity index (χ2v) is 7.97. The lowest BCUT2D eigenvalue weighted by molar-refractivity contribution is 0.102. The summed E-state index contributed by atoms with van der Waals surface area (Å²) in [6, 6.07) is 14.2. The number of carbonyl (C=O) groups excluding carboxylic acids is 1. The molecule has 150 valence electrons. The SMILES string of the molecule is Cc1ccc(NC(=O)c2cnn(-c3ccc(C)c(C)c3)c2C2CCNCC2)cc1. The number of aryl methyl sites for hydroxylation is 3. The number of carbonyl (C=O) groups is 1. The molecule has 5 nitrogen and oxygen atoms in total.